The molecule has 1 heterocycles. The maximum absolute atomic E-state index is 5.94. The number of nitrogen functional groups attached to an aromatic ring is 1. The van der Waals surface area contributed by atoms with Gasteiger partial charge in [0.05, 0.1) is 0 Å². The van der Waals surface area contributed by atoms with E-state index < -0.39 is 0 Å². The van der Waals surface area contributed by atoms with E-state index in [0.29, 0.717) is 5.82 Å². The minimum Gasteiger partial charge on any atom is -0.335 e. The summed E-state index contributed by atoms with van der Waals surface area (Å²) in [4.78, 5) is 0. The minimum atomic E-state index is 0.670. The van der Waals surface area contributed by atoms with Crippen molar-refractivity contribution in [2.75, 3.05) is 11.6 Å². The number of nitrogens with two attached hydrogens (primary N) is 1. The van der Waals surface area contributed by atoms with Gasteiger partial charge in [-0.05, 0) is 17.9 Å². The molecule has 1 aromatic heterocycles. The van der Waals surface area contributed by atoms with E-state index in [1.165, 1.54) is 4.68 Å². The summed E-state index contributed by atoms with van der Waals surface area (Å²) in [5.41, 5.74) is 0.945. The molecule has 2 N–H and O–H groups in total. The van der Waals surface area contributed by atoms with Gasteiger partial charge in [0.2, 0.25) is 5.16 Å². The van der Waals surface area contributed by atoms with Gasteiger partial charge in [-0.25, -0.2) is 4.68 Å². The molecule has 0 radical (unpaired) electrons. The van der Waals surface area contributed by atoms with E-state index in [2.05, 4.69) is 33.1 Å². The van der Waals surface area contributed by atoms with Crippen LogP contribution in [-0.4, -0.2) is 20.6 Å². The average Bonchev–Trinajstić information content (AvgIpc) is 2.62. The lowest BCUT2D eigenvalue weighted by molar-refractivity contribution is 0.850. The fraction of sp³-hybridized carbons (Fsp3) is 0.200. The molecule has 0 amide bonds. The molecule has 6 heteroatoms. The highest BCUT2D eigenvalue weighted by Gasteiger charge is 2.13. The Balaban J connectivity index is 2.45. The van der Waals surface area contributed by atoms with Gasteiger partial charge in [-0.1, -0.05) is 46.7 Å². The molecular formula is C10H11BrN4S. The fourth-order valence-electron chi connectivity index (χ4n) is 1.33. The van der Waals surface area contributed by atoms with Crippen LogP contribution in [0.1, 0.15) is 6.92 Å². The largest absolute Gasteiger partial charge is 0.335 e. The first kappa shape index (κ1) is 11.5. The van der Waals surface area contributed by atoms with Gasteiger partial charge in [-0.2, -0.15) is 0 Å². The van der Waals surface area contributed by atoms with Gasteiger partial charge in [0.25, 0.3) is 0 Å². The molecule has 0 unspecified atom stereocenters. The number of hydrogen-bond acceptors (Lipinski definition) is 4. The predicted molar refractivity (Wildman–Crippen MR) is 69.7 cm³/mol. The minimum absolute atomic E-state index is 0.670. The summed E-state index contributed by atoms with van der Waals surface area (Å²) in [6.45, 7) is 2.05. The summed E-state index contributed by atoms with van der Waals surface area (Å²) < 4.78 is 2.48. The highest BCUT2D eigenvalue weighted by Crippen LogP contribution is 2.27. The van der Waals surface area contributed by atoms with Crippen molar-refractivity contribution in [3.8, 4) is 11.4 Å². The second kappa shape index (κ2) is 4.88. The summed E-state index contributed by atoms with van der Waals surface area (Å²) in [5.74, 6) is 7.53. The van der Waals surface area contributed by atoms with Crippen LogP contribution in [0.3, 0.4) is 0 Å². The SMILES string of the molecule is CCSc1nnc(-c2ccccc2Br)n1N. The van der Waals surface area contributed by atoms with E-state index in [1.54, 1.807) is 11.8 Å². The third-order valence-corrected chi connectivity index (χ3v) is 3.57. The lowest BCUT2D eigenvalue weighted by Gasteiger charge is -2.04. The lowest BCUT2D eigenvalue weighted by atomic mass is 10.2. The van der Waals surface area contributed by atoms with E-state index >= 15 is 0 Å². The topological polar surface area (TPSA) is 56.7 Å². The molecule has 0 bridgehead atoms. The van der Waals surface area contributed by atoms with Gasteiger partial charge in [-0.3, -0.25) is 0 Å². The van der Waals surface area contributed by atoms with Gasteiger partial charge in [0.15, 0.2) is 5.82 Å². The number of hydrogen-bond donors (Lipinski definition) is 1. The van der Waals surface area contributed by atoms with E-state index in [4.69, 9.17) is 5.84 Å². The van der Waals surface area contributed by atoms with Crippen molar-refractivity contribution in [1.29, 1.82) is 0 Å². The standard InChI is InChI=1S/C10H11BrN4S/c1-2-16-10-14-13-9(15(10)12)7-5-3-4-6-8(7)11/h3-6H,2,12H2,1H3. The summed E-state index contributed by atoms with van der Waals surface area (Å²) in [7, 11) is 0. The van der Waals surface area contributed by atoms with Gasteiger partial charge in [0.1, 0.15) is 0 Å². The summed E-state index contributed by atoms with van der Waals surface area (Å²) in [5, 5.41) is 8.89. The highest BCUT2D eigenvalue weighted by atomic mass is 79.9. The summed E-state index contributed by atoms with van der Waals surface area (Å²) >= 11 is 5.04. The van der Waals surface area contributed by atoms with Crippen LogP contribution in [-0.2, 0) is 0 Å². The second-order valence-electron chi connectivity index (χ2n) is 3.09. The molecule has 0 atom stereocenters. The zero-order valence-corrected chi connectivity index (χ0v) is 11.1. The first-order valence-corrected chi connectivity index (χ1v) is 6.60. The van der Waals surface area contributed by atoms with Crippen LogP contribution < -0.4 is 5.84 Å². The van der Waals surface area contributed by atoms with Crippen molar-refractivity contribution < 1.29 is 0 Å². The zero-order chi connectivity index (χ0) is 11.5. The molecule has 1 aromatic carbocycles. The van der Waals surface area contributed by atoms with Crippen molar-refractivity contribution in [3.05, 3.63) is 28.7 Å². The van der Waals surface area contributed by atoms with Crippen LogP contribution in [0, 0.1) is 0 Å². The van der Waals surface area contributed by atoms with Crippen LogP contribution in [0.25, 0.3) is 11.4 Å². The Morgan fingerprint density at radius 3 is 2.81 bits per heavy atom. The van der Waals surface area contributed by atoms with Gasteiger partial charge < -0.3 is 5.84 Å². The maximum atomic E-state index is 5.94. The second-order valence-corrected chi connectivity index (χ2v) is 5.17. The molecule has 16 heavy (non-hydrogen) atoms. The number of rotatable bonds is 3. The van der Waals surface area contributed by atoms with Gasteiger partial charge in [0, 0.05) is 10.0 Å². The number of nitrogens with zero attached hydrogens (tertiary/aromatic N) is 3. The van der Waals surface area contributed by atoms with E-state index in [-0.39, 0.29) is 0 Å². The Morgan fingerprint density at radius 2 is 2.12 bits per heavy atom. The Labute approximate surface area is 106 Å². The Morgan fingerprint density at radius 1 is 1.38 bits per heavy atom. The molecule has 0 saturated heterocycles. The molecule has 4 nitrogen and oxygen atoms in total. The first-order chi connectivity index (χ1) is 7.74. The van der Waals surface area contributed by atoms with Crippen molar-refractivity contribution in [2.24, 2.45) is 0 Å². The molecule has 0 aliphatic carbocycles. The smallest absolute Gasteiger partial charge is 0.210 e. The van der Waals surface area contributed by atoms with Crippen molar-refractivity contribution in [3.63, 3.8) is 0 Å². The van der Waals surface area contributed by atoms with E-state index in [0.717, 1.165) is 20.9 Å². The number of thioether (sulfide) groups is 1. The van der Waals surface area contributed by atoms with Crippen molar-refractivity contribution >= 4 is 27.7 Å². The molecule has 0 spiro atoms. The molecule has 0 aliphatic rings. The monoisotopic (exact) mass is 298 g/mol. The third kappa shape index (κ3) is 2.08. The Kier molecular flexibility index (Phi) is 3.50. The van der Waals surface area contributed by atoms with Gasteiger partial charge in [-0.15, -0.1) is 10.2 Å². The molecule has 0 fully saturated rings. The van der Waals surface area contributed by atoms with Crippen LogP contribution >= 0.6 is 27.7 Å². The highest BCUT2D eigenvalue weighted by molar-refractivity contribution is 9.10. The van der Waals surface area contributed by atoms with Gasteiger partial charge >= 0.3 is 0 Å². The molecular weight excluding hydrogens is 288 g/mol. The molecule has 84 valence electrons. The van der Waals surface area contributed by atoms with E-state index in [9.17, 15) is 0 Å². The molecule has 0 saturated carbocycles. The fourth-order valence-corrected chi connectivity index (χ4v) is 2.38. The third-order valence-electron chi connectivity index (χ3n) is 2.05. The summed E-state index contributed by atoms with van der Waals surface area (Å²) in [6.07, 6.45) is 0. The average molecular weight is 299 g/mol. The number of halogens is 1. The Hall–Kier alpha value is -1.01. The quantitative estimate of drug-likeness (QED) is 0.699. The first-order valence-electron chi connectivity index (χ1n) is 4.82. The molecule has 2 rings (SSSR count). The zero-order valence-electron chi connectivity index (χ0n) is 8.72. The predicted octanol–water partition coefficient (Wildman–Crippen LogP) is 2.53. The number of aromatic nitrogens is 3. The normalized spacial score (nSPS) is 10.6. The maximum Gasteiger partial charge on any atom is 0.210 e. The van der Waals surface area contributed by atoms with E-state index in [1.807, 2.05) is 24.3 Å². The van der Waals surface area contributed by atoms with Crippen LogP contribution in [0.4, 0.5) is 0 Å². The summed E-state index contributed by atoms with van der Waals surface area (Å²) in [6, 6.07) is 7.81. The van der Waals surface area contributed by atoms with Crippen LogP contribution in [0.15, 0.2) is 33.9 Å². The van der Waals surface area contributed by atoms with Crippen molar-refractivity contribution in [2.45, 2.75) is 12.1 Å². The Bertz CT molecular complexity index is 497. The molecule has 0 aliphatic heterocycles. The van der Waals surface area contributed by atoms with Crippen molar-refractivity contribution in [1.82, 2.24) is 14.9 Å². The molecule has 2 aromatic rings. The lowest BCUT2D eigenvalue weighted by Crippen LogP contribution is -2.11. The van der Waals surface area contributed by atoms with Crippen LogP contribution in [0.5, 0.6) is 0 Å². The number of benzene rings is 1. The van der Waals surface area contributed by atoms with Crippen LogP contribution in [0.2, 0.25) is 0 Å².